The van der Waals surface area contributed by atoms with E-state index >= 15 is 0 Å². The molecule has 1 aliphatic heterocycles. The second-order valence-electron chi connectivity index (χ2n) is 6.56. The van der Waals surface area contributed by atoms with Crippen LogP contribution < -0.4 is 0 Å². The van der Waals surface area contributed by atoms with Crippen LogP contribution in [0.5, 0.6) is 0 Å². The Hall–Kier alpha value is -1.20. The molecule has 1 aromatic rings. The first-order valence-electron chi connectivity index (χ1n) is 8.11. The molecule has 0 aromatic carbocycles. The average Bonchev–Trinajstić information content (AvgIpc) is 3.04. The summed E-state index contributed by atoms with van der Waals surface area (Å²) < 4.78 is 74.4. The van der Waals surface area contributed by atoms with Gasteiger partial charge >= 0.3 is 6.18 Å². The maximum Gasteiger partial charge on any atom is 0.391 e. The molecule has 2 aliphatic rings. The van der Waals surface area contributed by atoms with E-state index in [9.17, 15) is 21.6 Å². The molecule has 0 spiro atoms. The Bertz CT molecular complexity index is 706. The van der Waals surface area contributed by atoms with Gasteiger partial charge in [0.15, 0.2) is 0 Å². The molecule has 1 aliphatic carbocycles. The van der Waals surface area contributed by atoms with Gasteiger partial charge in [-0.2, -0.15) is 17.5 Å². The standard InChI is InChI=1S/C14H20F3N3O4S/c1-25(21,22)20-5-6-23-11(8-20)13-19-18-12(24-13)9-3-2-4-10(7-9)14(15,16)17/h9-11H,2-8H2,1H3/t9-,10-,11-/m0/s1. The van der Waals surface area contributed by atoms with Gasteiger partial charge in [-0.25, -0.2) is 8.42 Å². The van der Waals surface area contributed by atoms with Gasteiger partial charge in [-0.05, 0) is 19.3 Å². The molecule has 0 N–H and O–H groups in total. The molecule has 1 aromatic heterocycles. The zero-order valence-corrected chi connectivity index (χ0v) is 14.5. The number of halogens is 3. The average molecular weight is 383 g/mol. The number of sulfonamides is 1. The van der Waals surface area contributed by atoms with E-state index in [0.717, 1.165) is 6.26 Å². The Balaban J connectivity index is 1.70. The quantitative estimate of drug-likeness (QED) is 0.796. The molecule has 1 saturated heterocycles. The molecule has 3 atom stereocenters. The molecule has 142 valence electrons. The molecular weight excluding hydrogens is 363 g/mol. The number of hydrogen-bond donors (Lipinski definition) is 0. The highest BCUT2D eigenvalue weighted by Gasteiger charge is 2.43. The zero-order valence-electron chi connectivity index (χ0n) is 13.7. The van der Waals surface area contributed by atoms with Crippen LogP contribution in [-0.4, -0.2) is 55.0 Å². The van der Waals surface area contributed by atoms with E-state index in [4.69, 9.17) is 9.15 Å². The summed E-state index contributed by atoms with van der Waals surface area (Å²) in [6.45, 7) is 0.484. The lowest BCUT2D eigenvalue weighted by Gasteiger charge is -2.29. The first kappa shape index (κ1) is 18.6. The van der Waals surface area contributed by atoms with Gasteiger partial charge in [-0.15, -0.1) is 10.2 Å². The summed E-state index contributed by atoms with van der Waals surface area (Å²) >= 11 is 0. The third-order valence-electron chi connectivity index (χ3n) is 4.72. The van der Waals surface area contributed by atoms with Crippen molar-refractivity contribution in [3.05, 3.63) is 11.8 Å². The zero-order chi connectivity index (χ0) is 18.2. The van der Waals surface area contributed by atoms with Gasteiger partial charge in [0.25, 0.3) is 0 Å². The molecule has 2 heterocycles. The molecule has 0 unspecified atom stereocenters. The Morgan fingerprint density at radius 1 is 1.20 bits per heavy atom. The lowest BCUT2D eigenvalue weighted by atomic mass is 9.81. The summed E-state index contributed by atoms with van der Waals surface area (Å²) in [6, 6.07) is 0. The molecule has 11 heteroatoms. The van der Waals surface area contributed by atoms with Crippen molar-refractivity contribution in [1.29, 1.82) is 0 Å². The van der Waals surface area contributed by atoms with Crippen molar-refractivity contribution in [2.75, 3.05) is 26.0 Å². The number of aromatic nitrogens is 2. The minimum atomic E-state index is -4.22. The predicted molar refractivity (Wildman–Crippen MR) is 80.2 cm³/mol. The number of ether oxygens (including phenoxy) is 1. The topological polar surface area (TPSA) is 85.5 Å². The minimum absolute atomic E-state index is 0.0519. The molecule has 1 saturated carbocycles. The van der Waals surface area contributed by atoms with Crippen LogP contribution in [0.25, 0.3) is 0 Å². The van der Waals surface area contributed by atoms with Crippen molar-refractivity contribution in [2.24, 2.45) is 5.92 Å². The summed E-state index contributed by atoms with van der Waals surface area (Å²) in [5.41, 5.74) is 0. The highest BCUT2D eigenvalue weighted by molar-refractivity contribution is 7.88. The van der Waals surface area contributed by atoms with Gasteiger partial charge in [-0.3, -0.25) is 0 Å². The van der Waals surface area contributed by atoms with E-state index < -0.39 is 34.1 Å². The molecule has 2 fully saturated rings. The van der Waals surface area contributed by atoms with Crippen LogP contribution in [0.4, 0.5) is 13.2 Å². The highest BCUT2D eigenvalue weighted by atomic mass is 32.2. The highest BCUT2D eigenvalue weighted by Crippen LogP contribution is 2.43. The van der Waals surface area contributed by atoms with E-state index in [-0.39, 0.29) is 44.3 Å². The van der Waals surface area contributed by atoms with Crippen molar-refractivity contribution in [1.82, 2.24) is 14.5 Å². The Morgan fingerprint density at radius 3 is 2.60 bits per heavy atom. The van der Waals surface area contributed by atoms with Crippen LogP contribution in [0.3, 0.4) is 0 Å². The molecule has 0 amide bonds. The second-order valence-corrected chi connectivity index (χ2v) is 8.54. The summed E-state index contributed by atoms with van der Waals surface area (Å²) in [5.74, 6) is -1.51. The number of morpholine rings is 1. The SMILES string of the molecule is CS(=O)(=O)N1CCO[C@H](c2nnc([C@H]3CCC[C@H](C(F)(F)F)C3)o2)C1. The van der Waals surface area contributed by atoms with Crippen molar-refractivity contribution in [3.63, 3.8) is 0 Å². The van der Waals surface area contributed by atoms with Crippen molar-refractivity contribution in [3.8, 4) is 0 Å². The van der Waals surface area contributed by atoms with Gasteiger partial charge in [0.2, 0.25) is 21.8 Å². The van der Waals surface area contributed by atoms with Crippen LogP contribution in [0, 0.1) is 5.92 Å². The Kier molecular flexibility index (Phi) is 5.09. The van der Waals surface area contributed by atoms with E-state index in [1.54, 1.807) is 0 Å². The smallest absolute Gasteiger partial charge is 0.391 e. The second kappa shape index (κ2) is 6.84. The summed E-state index contributed by atoms with van der Waals surface area (Å²) in [4.78, 5) is 0. The largest absolute Gasteiger partial charge is 0.422 e. The fraction of sp³-hybridized carbons (Fsp3) is 0.857. The molecule has 0 radical (unpaired) electrons. The number of hydrogen-bond acceptors (Lipinski definition) is 6. The molecule has 25 heavy (non-hydrogen) atoms. The molecular formula is C14H20F3N3O4S. The summed E-state index contributed by atoms with van der Waals surface area (Å²) in [5, 5.41) is 7.76. The Morgan fingerprint density at radius 2 is 1.92 bits per heavy atom. The normalized spacial score (nSPS) is 29.7. The van der Waals surface area contributed by atoms with Gasteiger partial charge in [0, 0.05) is 19.0 Å². The van der Waals surface area contributed by atoms with Crippen LogP contribution >= 0.6 is 0 Å². The van der Waals surface area contributed by atoms with E-state index in [1.165, 1.54) is 4.31 Å². The monoisotopic (exact) mass is 383 g/mol. The van der Waals surface area contributed by atoms with E-state index in [2.05, 4.69) is 10.2 Å². The van der Waals surface area contributed by atoms with Crippen LogP contribution in [0.15, 0.2) is 4.42 Å². The molecule has 3 rings (SSSR count). The maximum absolute atomic E-state index is 12.9. The Labute approximate surface area is 143 Å². The molecule has 7 nitrogen and oxygen atoms in total. The first-order chi connectivity index (χ1) is 11.6. The third-order valence-corrected chi connectivity index (χ3v) is 5.99. The maximum atomic E-state index is 12.9. The fourth-order valence-corrected chi connectivity index (χ4v) is 4.14. The lowest BCUT2D eigenvalue weighted by Crippen LogP contribution is -2.41. The third kappa shape index (κ3) is 4.32. The van der Waals surface area contributed by atoms with Gasteiger partial charge in [-0.1, -0.05) is 6.42 Å². The van der Waals surface area contributed by atoms with Crippen molar-refractivity contribution < 1.29 is 30.7 Å². The number of rotatable bonds is 3. The number of alkyl halides is 3. The summed E-state index contributed by atoms with van der Waals surface area (Å²) in [7, 11) is -3.37. The minimum Gasteiger partial charge on any atom is -0.422 e. The first-order valence-corrected chi connectivity index (χ1v) is 9.96. The predicted octanol–water partition coefficient (Wildman–Crippen LogP) is 2.24. The fourth-order valence-electron chi connectivity index (χ4n) is 3.33. The van der Waals surface area contributed by atoms with E-state index in [1.807, 2.05) is 0 Å². The van der Waals surface area contributed by atoms with E-state index in [0.29, 0.717) is 12.8 Å². The van der Waals surface area contributed by atoms with Crippen LogP contribution in [-0.2, 0) is 14.8 Å². The van der Waals surface area contributed by atoms with Crippen molar-refractivity contribution >= 4 is 10.0 Å². The van der Waals surface area contributed by atoms with Gasteiger partial charge in [0.05, 0.1) is 18.8 Å². The van der Waals surface area contributed by atoms with Crippen LogP contribution in [0.2, 0.25) is 0 Å². The summed E-state index contributed by atoms with van der Waals surface area (Å²) in [6.07, 6.45) is -2.74. The number of nitrogens with zero attached hydrogens (tertiary/aromatic N) is 3. The van der Waals surface area contributed by atoms with Gasteiger partial charge in [0.1, 0.15) is 6.10 Å². The van der Waals surface area contributed by atoms with Gasteiger partial charge < -0.3 is 9.15 Å². The molecule has 0 bridgehead atoms. The van der Waals surface area contributed by atoms with Crippen molar-refractivity contribution in [2.45, 2.75) is 43.9 Å². The lowest BCUT2D eigenvalue weighted by molar-refractivity contribution is -0.183. The van der Waals surface area contributed by atoms with Crippen LogP contribution in [0.1, 0.15) is 49.5 Å².